The van der Waals surface area contributed by atoms with Gasteiger partial charge >= 0.3 is 12.1 Å². The summed E-state index contributed by atoms with van der Waals surface area (Å²) in [7, 11) is 0. The number of Topliss-reactive ketones (excluding diaryl/α,β-unsaturated/α-hetero) is 2. The molecule has 0 aromatic heterocycles. The minimum Gasteiger partial charge on any atom is -0.334 e. The normalized spacial score (nSPS) is 12.6. The molecule has 0 radical (unpaired) electrons. The van der Waals surface area contributed by atoms with Crippen molar-refractivity contribution in [1.82, 2.24) is 5.32 Å². The van der Waals surface area contributed by atoms with Gasteiger partial charge in [0, 0.05) is 6.92 Å². The van der Waals surface area contributed by atoms with Crippen LogP contribution in [0.2, 0.25) is 0 Å². The molecule has 0 saturated heterocycles. The summed E-state index contributed by atoms with van der Waals surface area (Å²) >= 11 is 0. The summed E-state index contributed by atoms with van der Waals surface area (Å²) in [5.74, 6) is -4.31. The lowest BCUT2D eigenvalue weighted by Gasteiger charge is -2.17. The lowest BCUT2D eigenvalue weighted by atomic mass is 10.0. The van der Waals surface area contributed by atoms with Crippen LogP contribution in [-0.4, -0.2) is 23.6 Å². The number of carbonyl (C=O) groups is 3. The molecule has 1 unspecified atom stereocenters. The Morgan fingerprint density at radius 2 is 1.63 bits per heavy atom. The van der Waals surface area contributed by atoms with E-state index in [1.165, 1.54) is 29.6 Å². The lowest BCUT2D eigenvalue weighted by molar-refractivity contribution is -0.174. The number of hydrogen-bond acceptors (Lipinski definition) is 3. The Hall–Kier alpha value is -2.18. The van der Waals surface area contributed by atoms with E-state index in [0.717, 1.165) is 6.92 Å². The van der Waals surface area contributed by atoms with Crippen molar-refractivity contribution in [3.8, 4) is 0 Å². The van der Waals surface area contributed by atoms with Gasteiger partial charge < -0.3 is 5.32 Å². The number of benzene rings is 1. The molecule has 0 heterocycles. The number of carbonyl (C=O) groups excluding carboxylic acids is 3. The van der Waals surface area contributed by atoms with Crippen LogP contribution < -0.4 is 5.32 Å². The first-order valence-corrected chi connectivity index (χ1v) is 5.21. The molecule has 0 aliphatic heterocycles. The number of nitrogens with one attached hydrogen (secondary N) is 1. The zero-order chi connectivity index (χ0) is 14.6. The maximum atomic E-state index is 12.2. The van der Waals surface area contributed by atoms with Crippen molar-refractivity contribution in [3.63, 3.8) is 0 Å². The molecule has 19 heavy (non-hydrogen) atoms. The molecule has 1 aromatic rings. The standard InChI is InChI=1S/C12H10F3NO3/c1-7(17)10(18)9(8-5-3-2-4-6-8)16-11(19)12(13,14)15/h2-6,9H,1H3,(H,16,19). The summed E-state index contributed by atoms with van der Waals surface area (Å²) in [5, 5.41) is 1.52. The molecule has 1 atom stereocenters. The van der Waals surface area contributed by atoms with Crippen molar-refractivity contribution in [3.05, 3.63) is 35.9 Å². The van der Waals surface area contributed by atoms with E-state index in [1.807, 2.05) is 0 Å². The highest BCUT2D eigenvalue weighted by Crippen LogP contribution is 2.19. The van der Waals surface area contributed by atoms with E-state index in [0.29, 0.717) is 0 Å². The fourth-order valence-corrected chi connectivity index (χ4v) is 1.36. The van der Waals surface area contributed by atoms with Crippen LogP contribution in [0.4, 0.5) is 13.2 Å². The Bertz CT molecular complexity index is 497. The van der Waals surface area contributed by atoms with E-state index in [9.17, 15) is 27.6 Å². The zero-order valence-electron chi connectivity index (χ0n) is 9.82. The molecule has 0 spiro atoms. The van der Waals surface area contributed by atoms with Gasteiger partial charge in [-0.05, 0) is 5.56 Å². The molecule has 4 nitrogen and oxygen atoms in total. The van der Waals surface area contributed by atoms with Crippen LogP contribution in [0.1, 0.15) is 18.5 Å². The molecule has 0 aliphatic carbocycles. The van der Waals surface area contributed by atoms with Gasteiger partial charge in [-0.3, -0.25) is 14.4 Å². The van der Waals surface area contributed by atoms with E-state index >= 15 is 0 Å². The van der Waals surface area contributed by atoms with Crippen molar-refractivity contribution in [2.45, 2.75) is 19.1 Å². The van der Waals surface area contributed by atoms with Crippen molar-refractivity contribution >= 4 is 17.5 Å². The Kier molecular flexibility index (Phi) is 4.42. The number of ketones is 2. The molecular weight excluding hydrogens is 263 g/mol. The van der Waals surface area contributed by atoms with Gasteiger partial charge in [-0.2, -0.15) is 13.2 Å². The van der Waals surface area contributed by atoms with Crippen molar-refractivity contribution in [2.24, 2.45) is 0 Å². The minimum atomic E-state index is -5.12. The molecule has 0 bridgehead atoms. The quantitative estimate of drug-likeness (QED) is 0.847. The average Bonchev–Trinajstić information content (AvgIpc) is 2.34. The van der Waals surface area contributed by atoms with Gasteiger partial charge in [0.25, 0.3) is 0 Å². The summed E-state index contributed by atoms with van der Waals surface area (Å²) in [6, 6.07) is 5.62. The Morgan fingerprint density at radius 3 is 2.05 bits per heavy atom. The highest BCUT2D eigenvalue weighted by Gasteiger charge is 2.41. The monoisotopic (exact) mass is 273 g/mol. The summed E-state index contributed by atoms with van der Waals surface area (Å²) in [6.07, 6.45) is -5.12. The van der Waals surface area contributed by atoms with Gasteiger partial charge in [0.05, 0.1) is 0 Å². The number of hydrogen-bond donors (Lipinski definition) is 1. The second kappa shape index (κ2) is 5.64. The molecule has 7 heteroatoms. The highest BCUT2D eigenvalue weighted by molar-refractivity contribution is 6.38. The van der Waals surface area contributed by atoms with Crippen LogP contribution >= 0.6 is 0 Å². The van der Waals surface area contributed by atoms with Crippen LogP contribution in [0.5, 0.6) is 0 Å². The average molecular weight is 273 g/mol. The first kappa shape index (κ1) is 14.9. The van der Waals surface area contributed by atoms with Crippen LogP contribution in [0.15, 0.2) is 30.3 Å². The second-order valence-corrected chi connectivity index (χ2v) is 3.74. The van der Waals surface area contributed by atoms with Crippen LogP contribution in [0.25, 0.3) is 0 Å². The molecule has 1 aromatic carbocycles. The predicted octanol–water partition coefficient (Wildman–Crippen LogP) is 1.56. The Morgan fingerprint density at radius 1 is 1.11 bits per heavy atom. The molecule has 0 aliphatic rings. The molecular formula is C12H10F3NO3. The predicted molar refractivity (Wildman–Crippen MR) is 59.1 cm³/mol. The summed E-state index contributed by atoms with van der Waals surface area (Å²) < 4.78 is 36.5. The van der Waals surface area contributed by atoms with Gasteiger partial charge in [0.1, 0.15) is 6.04 Å². The largest absolute Gasteiger partial charge is 0.471 e. The van der Waals surface area contributed by atoms with E-state index in [-0.39, 0.29) is 5.56 Å². The minimum absolute atomic E-state index is 0.111. The highest BCUT2D eigenvalue weighted by atomic mass is 19.4. The van der Waals surface area contributed by atoms with Crippen LogP contribution in [-0.2, 0) is 14.4 Å². The maximum Gasteiger partial charge on any atom is 0.471 e. The van der Waals surface area contributed by atoms with Gasteiger partial charge in [0.15, 0.2) is 5.78 Å². The Labute approximate surface area is 106 Å². The molecule has 1 N–H and O–H groups in total. The lowest BCUT2D eigenvalue weighted by Crippen LogP contribution is -2.43. The van der Waals surface area contributed by atoms with Crippen molar-refractivity contribution < 1.29 is 27.6 Å². The summed E-state index contributed by atoms with van der Waals surface area (Å²) in [4.78, 5) is 33.5. The summed E-state index contributed by atoms with van der Waals surface area (Å²) in [5.41, 5.74) is 0.111. The smallest absolute Gasteiger partial charge is 0.334 e. The topological polar surface area (TPSA) is 63.2 Å². The number of alkyl halides is 3. The first-order valence-electron chi connectivity index (χ1n) is 5.21. The maximum absolute atomic E-state index is 12.2. The number of amides is 1. The van der Waals surface area contributed by atoms with E-state index in [1.54, 1.807) is 6.07 Å². The SMILES string of the molecule is CC(=O)C(=O)C(NC(=O)C(F)(F)F)c1ccccc1. The van der Waals surface area contributed by atoms with Gasteiger partial charge in [-0.15, -0.1) is 0 Å². The fraction of sp³-hybridized carbons (Fsp3) is 0.250. The Balaban J connectivity index is 3.05. The van der Waals surface area contributed by atoms with Crippen molar-refractivity contribution in [2.75, 3.05) is 0 Å². The van der Waals surface area contributed by atoms with E-state index < -0.39 is 29.7 Å². The number of halogens is 3. The van der Waals surface area contributed by atoms with Crippen LogP contribution in [0, 0.1) is 0 Å². The van der Waals surface area contributed by atoms with Gasteiger partial charge in [0.2, 0.25) is 5.78 Å². The number of rotatable bonds is 4. The van der Waals surface area contributed by atoms with Crippen molar-refractivity contribution in [1.29, 1.82) is 0 Å². The van der Waals surface area contributed by atoms with E-state index in [4.69, 9.17) is 0 Å². The summed E-state index contributed by atoms with van der Waals surface area (Å²) in [6.45, 7) is 0.929. The van der Waals surface area contributed by atoms with Gasteiger partial charge in [-0.25, -0.2) is 0 Å². The molecule has 0 fully saturated rings. The van der Waals surface area contributed by atoms with Crippen LogP contribution in [0.3, 0.4) is 0 Å². The third-order valence-electron chi connectivity index (χ3n) is 2.27. The second-order valence-electron chi connectivity index (χ2n) is 3.74. The molecule has 1 amide bonds. The molecule has 102 valence electrons. The van der Waals surface area contributed by atoms with Gasteiger partial charge in [-0.1, -0.05) is 30.3 Å². The fourth-order valence-electron chi connectivity index (χ4n) is 1.36. The third-order valence-corrected chi connectivity index (χ3v) is 2.27. The zero-order valence-corrected chi connectivity index (χ0v) is 9.82. The first-order chi connectivity index (χ1) is 8.73. The molecule has 0 saturated carbocycles. The third kappa shape index (κ3) is 3.90. The molecule has 1 rings (SSSR count). The van der Waals surface area contributed by atoms with E-state index in [2.05, 4.69) is 0 Å².